The van der Waals surface area contributed by atoms with E-state index >= 15 is 0 Å². The van der Waals surface area contributed by atoms with Crippen molar-refractivity contribution in [2.24, 2.45) is 7.05 Å². The Balaban J connectivity index is 2.27. The Morgan fingerprint density at radius 1 is 1.23 bits per heavy atom. The minimum Gasteiger partial charge on any atom is -0.497 e. The average molecular weight is 307 g/mol. The van der Waals surface area contributed by atoms with Crippen molar-refractivity contribution in [2.75, 3.05) is 12.4 Å². The molecule has 0 amide bonds. The highest BCUT2D eigenvalue weighted by molar-refractivity contribution is 5.68. The van der Waals surface area contributed by atoms with Crippen molar-refractivity contribution in [3.05, 3.63) is 50.1 Å². The average Bonchev–Trinajstić information content (AvgIpc) is 2.82. The van der Waals surface area contributed by atoms with Crippen LogP contribution in [-0.4, -0.2) is 26.7 Å². The molecule has 0 aliphatic carbocycles. The van der Waals surface area contributed by atoms with Crippen LogP contribution in [0, 0.1) is 20.2 Å². The van der Waals surface area contributed by atoms with Crippen LogP contribution in [0.4, 0.5) is 17.3 Å². The van der Waals surface area contributed by atoms with Gasteiger partial charge in [-0.2, -0.15) is 0 Å². The number of anilines is 1. The lowest BCUT2D eigenvalue weighted by Gasteiger charge is -2.05. The predicted molar refractivity (Wildman–Crippen MR) is 76.8 cm³/mol. The van der Waals surface area contributed by atoms with E-state index in [0.717, 1.165) is 10.2 Å². The van der Waals surface area contributed by atoms with Crippen LogP contribution in [0.25, 0.3) is 0 Å². The van der Waals surface area contributed by atoms with E-state index in [9.17, 15) is 20.2 Å². The molecule has 0 saturated carbocycles. The highest BCUT2D eigenvalue weighted by atomic mass is 16.6. The molecule has 1 aromatic heterocycles. The van der Waals surface area contributed by atoms with Crippen LogP contribution in [0.1, 0.15) is 5.56 Å². The second-order valence-electron chi connectivity index (χ2n) is 4.36. The first kappa shape index (κ1) is 15.2. The standard InChI is InChI=1S/C12H13N5O5/c1-15-12(17(20)21)10(11(14-15)16(18)19)13-7-8-3-5-9(22-2)6-4-8/h3-6,13H,7H2,1-2H3. The third kappa shape index (κ3) is 2.95. The summed E-state index contributed by atoms with van der Waals surface area (Å²) >= 11 is 0. The molecule has 0 bridgehead atoms. The second-order valence-corrected chi connectivity index (χ2v) is 4.36. The predicted octanol–water partition coefficient (Wildman–Crippen LogP) is 1.86. The summed E-state index contributed by atoms with van der Waals surface area (Å²) < 4.78 is 5.89. The van der Waals surface area contributed by atoms with E-state index in [1.54, 1.807) is 24.3 Å². The summed E-state index contributed by atoms with van der Waals surface area (Å²) in [7, 11) is 2.82. The van der Waals surface area contributed by atoms with E-state index in [1.165, 1.54) is 14.2 Å². The van der Waals surface area contributed by atoms with E-state index < -0.39 is 21.5 Å². The monoisotopic (exact) mass is 307 g/mol. The molecule has 1 aromatic carbocycles. The van der Waals surface area contributed by atoms with E-state index in [1.807, 2.05) is 0 Å². The Morgan fingerprint density at radius 3 is 2.36 bits per heavy atom. The van der Waals surface area contributed by atoms with Crippen LogP contribution in [0.3, 0.4) is 0 Å². The molecule has 22 heavy (non-hydrogen) atoms. The molecule has 10 heteroatoms. The molecule has 1 heterocycles. The van der Waals surface area contributed by atoms with Gasteiger partial charge in [-0.05, 0) is 32.2 Å². The van der Waals surface area contributed by atoms with Gasteiger partial charge in [0, 0.05) is 6.54 Å². The summed E-state index contributed by atoms with van der Waals surface area (Å²) in [4.78, 5) is 20.5. The van der Waals surface area contributed by atoms with E-state index in [0.29, 0.717) is 5.75 Å². The van der Waals surface area contributed by atoms with Crippen molar-refractivity contribution in [1.82, 2.24) is 9.78 Å². The van der Waals surface area contributed by atoms with Gasteiger partial charge in [0.1, 0.15) is 12.8 Å². The van der Waals surface area contributed by atoms with Gasteiger partial charge in [-0.1, -0.05) is 12.1 Å². The van der Waals surface area contributed by atoms with Gasteiger partial charge in [0.05, 0.1) is 7.11 Å². The van der Waals surface area contributed by atoms with Crippen molar-refractivity contribution in [1.29, 1.82) is 0 Å². The zero-order valence-corrected chi connectivity index (χ0v) is 11.8. The first-order chi connectivity index (χ1) is 10.4. The van der Waals surface area contributed by atoms with Gasteiger partial charge in [0.15, 0.2) is 5.10 Å². The number of ether oxygens (including phenoxy) is 1. The van der Waals surface area contributed by atoms with E-state index in [-0.39, 0.29) is 12.2 Å². The number of benzene rings is 1. The first-order valence-electron chi connectivity index (χ1n) is 6.16. The van der Waals surface area contributed by atoms with Crippen LogP contribution in [0.2, 0.25) is 0 Å². The molecular weight excluding hydrogens is 294 g/mol. The number of hydrogen-bond acceptors (Lipinski definition) is 7. The third-order valence-corrected chi connectivity index (χ3v) is 2.97. The van der Waals surface area contributed by atoms with Gasteiger partial charge in [-0.25, -0.2) is 0 Å². The fraction of sp³-hybridized carbons (Fsp3) is 0.250. The Labute approximate surface area is 124 Å². The molecule has 0 radical (unpaired) electrons. The maximum absolute atomic E-state index is 11.0. The maximum Gasteiger partial charge on any atom is 0.443 e. The number of hydrogen-bond donors (Lipinski definition) is 1. The second kappa shape index (κ2) is 6.08. The van der Waals surface area contributed by atoms with Gasteiger partial charge < -0.3 is 30.3 Å². The van der Waals surface area contributed by atoms with Crippen molar-refractivity contribution in [3.8, 4) is 5.75 Å². The molecule has 0 aliphatic rings. The van der Waals surface area contributed by atoms with Gasteiger partial charge in [-0.3, -0.25) is 0 Å². The van der Waals surface area contributed by atoms with Gasteiger partial charge in [-0.15, -0.1) is 0 Å². The molecule has 10 nitrogen and oxygen atoms in total. The lowest BCUT2D eigenvalue weighted by molar-refractivity contribution is -0.393. The molecule has 2 aromatic rings. The van der Waals surface area contributed by atoms with Crippen molar-refractivity contribution < 1.29 is 14.6 Å². The van der Waals surface area contributed by atoms with E-state index in [4.69, 9.17) is 4.74 Å². The Bertz CT molecular complexity index is 709. The molecule has 0 saturated heterocycles. The van der Waals surface area contributed by atoms with Crippen LogP contribution in [-0.2, 0) is 13.6 Å². The SMILES string of the molecule is COc1ccc(CNc2c([N+](=O)[O-])nn(C)c2[N+](=O)[O-])cc1. The highest BCUT2D eigenvalue weighted by Crippen LogP contribution is 2.33. The van der Waals surface area contributed by atoms with Crippen LogP contribution in [0.5, 0.6) is 5.75 Å². The number of aryl methyl sites for hydroxylation is 1. The summed E-state index contributed by atoms with van der Waals surface area (Å²) in [5.74, 6) is -0.370. The molecule has 0 fully saturated rings. The lowest BCUT2D eigenvalue weighted by atomic mass is 10.2. The topological polar surface area (TPSA) is 125 Å². The number of nitrogens with zero attached hydrogens (tertiary/aromatic N) is 4. The van der Waals surface area contributed by atoms with Crippen molar-refractivity contribution in [2.45, 2.75) is 6.54 Å². The lowest BCUT2D eigenvalue weighted by Crippen LogP contribution is -2.04. The number of nitrogens with one attached hydrogen (secondary N) is 1. The van der Waals surface area contributed by atoms with Crippen LogP contribution in [0.15, 0.2) is 24.3 Å². The molecule has 0 atom stereocenters. The third-order valence-electron chi connectivity index (χ3n) is 2.97. The molecule has 2 rings (SSSR count). The Morgan fingerprint density at radius 2 is 1.86 bits per heavy atom. The molecule has 1 N–H and O–H groups in total. The van der Waals surface area contributed by atoms with Crippen LogP contribution < -0.4 is 10.1 Å². The Hall–Kier alpha value is -3.17. The summed E-state index contributed by atoms with van der Waals surface area (Å²) in [6.45, 7) is 0.178. The minimum atomic E-state index is -0.761. The summed E-state index contributed by atoms with van der Waals surface area (Å²) in [6, 6.07) is 6.95. The first-order valence-corrected chi connectivity index (χ1v) is 6.16. The molecule has 0 aliphatic heterocycles. The number of nitro groups is 2. The molecular formula is C12H13N5O5. The van der Waals surface area contributed by atoms with Crippen LogP contribution >= 0.6 is 0 Å². The normalized spacial score (nSPS) is 10.3. The van der Waals surface area contributed by atoms with Gasteiger partial charge in [0.25, 0.3) is 0 Å². The maximum atomic E-state index is 11.0. The fourth-order valence-corrected chi connectivity index (χ4v) is 1.93. The molecule has 0 unspecified atom stereocenters. The number of methoxy groups -OCH3 is 1. The summed E-state index contributed by atoms with van der Waals surface area (Å²) in [5, 5.41) is 28.3. The molecule has 116 valence electrons. The fourth-order valence-electron chi connectivity index (χ4n) is 1.93. The van der Waals surface area contributed by atoms with Crippen molar-refractivity contribution in [3.63, 3.8) is 0 Å². The quantitative estimate of drug-likeness (QED) is 0.637. The van der Waals surface area contributed by atoms with Crippen molar-refractivity contribution >= 4 is 17.3 Å². The minimum absolute atomic E-state index is 0.178. The summed E-state index contributed by atoms with van der Waals surface area (Å²) in [5.41, 5.74) is 0.571. The van der Waals surface area contributed by atoms with Gasteiger partial charge >= 0.3 is 11.6 Å². The summed E-state index contributed by atoms with van der Waals surface area (Å²) in [6.07, 6.45) is 0. The smallest absolute Gasteiger partial charge is 0.443 e. The highest BCUT2D eigenvalue weighted by Gasteiger charge is 2.34. The zero-order valence-electron chi connectivity index (χ0n) is 11.8. The molecule has 0 spiro atoms. The van der Waals surface area contributed by atoms with Gasteiger partial charge in [0.2, 0.25) is 5.69 Å². The zero-order chi connectivity index (χ0) is 16.3. The largest absolute Gasteiger partial charge is 0.497 e. The Kier molecular flexibility index (Phi) is 4.20. The number of aromatic nitrogens is 2. The van der Waals surface area contributed by atoms with E-state index in [2.05, 4.69) is 10.4 Å². The number of rotatable bonds is 6.